The number of aliphatic hydroxyl groups excluding tert-OH is 1. The van der Waals surface area contributed by atoms with Crippen molar-refractivity contribution < 1.29 is 28.9 Å². The van der Waals surface area contributed by atoms with Gasteiger partial charge in [0.2, 0.25) is 0 Å². The summed E-state index contributed by atoms with van der Waals surface area (Å²) >= 11 is 0. The lowest BCUT2D eigenvalue weighted by Crippen LogP contribution is -2.31. The van der Waals surface area contributed by atoms with Crippen molar-refractivity contribution in [2.24, 2.45) is 17.3 Å². The lowest BCUT2D eigenvalue weighted by molar-refractivity contribution is -0.142. The Labute approximate surface area is 146 Å². The van der Waals surface area contributed by atoms with E-state index in [0.29, 0.717) is 12.0 Å². The number of hydrogen-bond donors (Lipinski definition) is 1. The molecule has 0 radical (unpaired) electrons. The van der Waals surface area contributed by atoms with Crippen LogP contribution in [-0.4, -0.2) is 29.3 Å². The molecule has 4 rings (SSSR count). The van der Waals surface area contributed by atoms with Crippen LogP contribution in [0.15, 0.2) is 35.0 Å². The standard InChI is InChI=1S/C19H22O6/c1-9-6-14(24-17(9)21)23-8-12-10-7-11-13(20)4-5-19(2,3)15(11)16(10)25-18(12)22/h6,8-10,13,16,20H,4-5,7H2,1-3H3/b12-8+/t9-,10+,13-,16-/m0/s1. The fourth-order valence-electron chi connectivity index (χ4n) is 4.35. The molecule has 0 aromatic carbocycles. The molecule has 0 aromatic rings. The van der Waals surface area contributed by atoms with Gasteiger partial charge in [0.25, 0.3) is 5.95 Å². The molecule has 6 nitrogen and oxygen atoms in total. The van der Waals surface area contributed by atoms with Crippen LogP contribution in [0, 0.1) is 17.3 Å². The molecule has 0 aromatic heterocycles. The van der Waals surface area contributed by atoms with Gasteiger partial charge in [0.05, 0.1) is 17.6 Å². The Hall–Kier alpha value is -2.08. The molecule has 2 heterocycles. The third-order valence-corrected chi connectivity index (χ3v) is 5.74. The van der Waals surface area contributed by atoms with E-state index < -0.39 is 12.1 Å². The van der Waals surface area contributed by atoms with Gasteiger partial charge >= 0.3 is 11.9 Å². The quantitative estimate of drug-likeness (QED) is 0.358. The molecule has 0 bridgehead atoms. The number of ether oxygens (including phenoxy) is 3. The molecular weight excluding hydrogens is 324 g/mol. The Bertz CT molecular complexity index is 741. The van der Waals surface area contributed by atoms with Crippen LogP contribution in [0.2, 0.25) is 0 Å². The second-order valence-corrected chi connectivity index (χ2v) is 7.90. The molecule has 4 aliphatic rings. The van der Waals surface area contributed by atoms with Crippen LogP contribution in [0.3, 0.4) is 0 Å². The lowest BCUT2D eigenvalue weighted by Gasteiger charge is -2.36. The van der Waals surface area contributed by atoms with Crippen LogP contribution in [-0.2, 0) is 23.8 Å². The summed E-state index contributed by atoms with van der Waals surface area (Å²) < 4.78 is 16.0. The van der Waals surface area contributed by atoms with Crippen molar-refractivity contribution in [2.75, 3.05) is 0 Å². The van der Waals surface area contributed by atoms with E-state index >= 15 is 0 Å². The zero-order chi connectivity index (χ0) is 17.9. The summed E-state index contributed by atoms with van der Waals surface area (Å²) in [6.07, 6.45) is 4.31. The summed E-state index contributed by atoms with van der Waals surface area (Å²) in [5.74, 6) is -1.19. The predicted molar refractivity (Wildman–Crippen MR) is 86.5 cm³/mol. The summed E-state index contributed by atoms with van der Waals surface area (Å²) in [5.41, 5.74) is 2.40. The van der Waals surface area contributed by atoms with Crippen molar-refractivity contribution >= 4 is 11.9 Å². The smallest absolute Gasteiger partial charge is 0.338 e. The van der Waals surface area contributed by atoms with E-state index in [-0.39, 0.29) is 35.3 Å². The third kappa shape index (κ3) is 2.51. The molecule has 6 heteroatoms. The van der Waals surface area contributed by atoms with Crippen LogP contribution in [0.4, 0.5) is 0 Å². The van der Waals surface area contributed by atoms with Crippen molar-refractivity contribution in [3.05, 3.63) is 35.0 Å². The highest BCUT2D eigenvalue weighted by atomic mass is 16.7. The summed E-state index contributed by atoms with van der Waals surface area (Å²) in [6, 6.07) is 0. The average Bonchev–Trinajstić information content (AvgIpc) is 3.15. The number of fused-ring (bicyclic) bond motifs is 2. The predicted octanol–water partition coefficient (Wildman–Crippen LogP) is 2.34. The Balaban J connectivity index is 1.58. The van der Waals surface area contributed by atoms with Gasteiger partial charge < -0.3 is 19.3 Å². The van der Waals surface area contributed by atoms with Gasteiger partial charge in [-0.1, -0.05) is 13.8 Å². The monoisotopic (exact) mass is 346 g/mol. The minimum absolute atomic E-state index is 0.0937. The van der Waals surface area contributed by atoms with Crippen LogP contribution >= 0.6 is 0 Å². The number of hydrogen-bond acceptors (Lipinski definition) is 6. The molecule has 0 spiro atoms. The van der Waals surface area contributed by atoms with Crippen LogP contribution in [0.5, 0.6) is 0 Å². The number of esters is 2. The number of carbonyl (C=O) groups is 2. The molecule has 1 N–H and O–H groups in total. The Morgan fingerprint density at radius 2 is 2.12 bits per heavy atom. The summed E-state index contributed by atoms with van der Waals surface area (Å²) in [4.78, 5) is 23.7. The fraction of sp³-hybridized carbons (Fsp3) is 0.579. The van der Waals surface area contributed by atoms with E-state index in [0.717, 1.165) is 24.0 Å². The molecule has 1 saturated heterocycles. The Kier molecular flexibility index (Phi) is 3.58. The summed E-state index contributed by atoms with van der Waals surface area (Å²) in [6.45, 7) is 5.98. The van der Waals surface area contributed by atoms with Crippen molar-refractivity contribution in [1.82, 2.24) is 0 Å². The number of carbonyl (C=O) groups excluding carboxylic acids is 2. The highest BCUT2D eigenvalue weighted by Gasteiger charge is 2.53. The van der Waals surface area contributed by atoms with E-state index in [9.17, 15) is 14.7 Å². The molecule has 25 heavy (non-hydrogen) atoms. The Morgan fingerprint density at radius 3 is 2.80 bits per heavy atom. The first-order valence-electron chi connectivity index (χ1n) is 8.70. The highest BCUT2D eigenvalue weighted by molar-refractivity contribution is 5.92. The van der Waals surface area contributed by atoms with Gasteiger partial charge in [-0.15, -0.1) is 0 Å². The fourth-order valence-corrected chi connectivity index (χ4v) is 4.35. The third-order valence-electron chi connectivity index (χ3n) is 5.74. The number of rotatable bonds is 2. The molecule has 0 amide bonds. The maximum absolute atomic E-state index is 12.3. The van der Waals surface area contributed by atoms with Gasteiger partial charge in [0.15, 0.2) is 0 Å². The van der Waals surface area contributed by atoms with E-state index in [1.807, 2.05) is 0 Å². The second kappa shape index (κ2) is 5.46. The van der Waals surface area contributed by atoms with Crippen molar-refractivity contribution in [2.45, 2.75) is 52.2 Å². The van der Waals surface area contributed by atoms with Crippen molar-refractivity contribution in [3.8, 4) is 0 Å². The van der Waals surface area contributed by atoms with Gasteiger partial charge in [-0.3, -0.25) is 4.79 Å². The van der Waals surface area contributed by atoms with Crippen molar-refractivity contribution in [1.29, 1.82) is 0 Å². The molecule has 0 unspecified atom stereocenters. The number of aliphatic hydroxyl groups is 1. The van der Waals surface area contributed by atoms with Crippen molar-refractivity contribution in [3.63, 3.8) is 0 Å². The SMILES string of the molecule is C[C@H]1C=C(O/C=C2/C(=O)O[C@@H]3C4=C(C[C@H]23)[C@@H](O)CCC4(C)C)OC1=O. The van der Waals surface area contributed by atoms with Crippen LogP contribution in [0.25, 0.3) is 0 Å². The molecule has 0 saturated carbocycles. The first-order valence-corrected chi connectivity index (χ1v) is 8.70. The van der Waals surface area contributed by atoms with Gasteiger partial charge in [-0.05, 0) is 42.7 Å². The van der Waals surface area contributed by atoms with Gasteiger partial charge in [0, 0.05) is 12.0 Å². The molecule has 4 atom stereocenters. The largest absolute Gasteiger partial charge is 0.454 e. The zero-order valence-electron chi connectivity index (χ0n) is 14.6. The Morgan fingerprint density at radius 1 is 1.36 bits per heavy atom. The summed E-state index contributed by atoms with van der Waals surface area (Å²) in [7, 11) is 0. The first kappa shape index (κ1) is 16.4. The van der Waals surface area contributed by atoms with Gasteiger partial charge in [0.1, 0.15) is 12.4 Å². The second-order valence-electron chi connectivity index (χ2n) is 7.90. The minimum atomic E-state index is -0.464. The van der Waals surface area contributed by atoms with Gasteiger partial charge in [-0.25, -0.2) is 4.79 Å². The van der Waals surface area contributed by atoms with E-state index in [1.165, 1.54) is 6.26 Å². The minimum Gasteiger partial charge on any atom is -0.454 e. The first-order chi connectivity index (χ1) is 11.8. The molecular formula is C19H22O6. The highest BCUT2D eigenvalue weighted by Crippen LogP contribution is 2.54. The molecule has 2 aliphatic carbocycles. The topological polar surface area (TPSA) is 82.1 Å². The maximum Gasteiger partial charge on any atom is 0.338 e. The molecule has 1 fully saturated rings. The number of cyclic esters (lactones) is 1. The van der Waals surface area contributed by atoms with Crippen LogP contribution in [0.1, 0.15) is 40.0 Å². The summed E-state index contributed by atoms with van der Waals surface area (Å²) in [5, 5.41) is 10.4. The van der Waals surface area contributed by atoms with E-state index in [4.69, 9.17) is 14.2 Å². The maximum atomic E-state index is 12.3. The molecule has 134 valence electrons. The normalized spacial score (nSPS) is 37.6. The average molecular weight is 346 g/mol. The van der Waals surface area contributed by atoms with E-state index in [1.54, 1.807) is 13.0 Å². The van der Waals surface area contributed by atoms with E-state index in [2.05, 4.69) is 13.8 Å². The zero-order valence-corrected chi connectivity index (χ0v) is 14.6. The van der Waals surface area contributed by atoms with Crippen LogP contribution < -0.4 is 0 Å². The van der Waals surface area contributed by atoms with Gasteiger partial charge in [-0.2, -0.15) is 0 Å². The lowest BCUT2D eigenvalue weighted by atomic mass is 9.71. The molecule has 2 aliphatic heterocycles.